The Morgan fingerprint density at radius 3 is 2.54 bits per heavy atom. The second kappa shape index (κ2) is 7.77. The van der Waals surface area contributed by atoms with E-state index in [1.54, 1.807) is 13.3 Å². The first-order valence-electron chi connectivity index (χ1n) is 8.91. The minimum atomic E-state index is 0.371. The number of aromatic nitrogens is 2. The van der Waals surface area contributed by atoms with Gasteiger partial charge in [-0.25, -0.2) is 4.98 Å². The number of pyridine rings is 2. The van der Waals surface area contributed by atoms with E-state index in [0.29, 0.717) is 18.1 Å². The van der Waals surface area contributed by atoms with Crippen LogP contribution in [0.25, 0.3) is 21.9 Å². The van der Waals surface area contributed by atoms with Gasteiger partial charge in [0.05, 0.1) is 19.3 Å². The first-order valence-corrected chi connectivity index (χ1v) is 8.91. The lowest BCUT2D eigenvalue weighted by Crippen LogP contribution is -2.05. The van der Waals surface area contributed by atoms with E-state index in [1.165, 1.54) is 0 Å². The van der Waals surface area contributed by atoms with E-state index >= 15 is 0 Å². The molecule has 2 aromatic heterocycles. The minimum Gasteiger partial charge on any atom is -0.497 e. The van der Waals surface area contributed by atoms with Gasteiger partial charge in [-0.05, 0) is 41.3 Å². The van der Waals surface area contributed by atoms with E-state index < -0.39 is 0 Å². The Hall–Kier alpha value is -3.91. The first-order chi connectivity index (χ1) is 13.8. The molecule has 0 saturated heterocycles. The van der Waals surface area contributed by atoms with Crippen molar-refractivity contribution in [2.45, 2.75) is 6.54 Å². The SMILES string of the molecule is COc1ccc2c(NCc3ccccn3)nc(C#N)c(-c3ccccc3)c2c1. The summed E-state index contributed by atoms with van der Waals surface area (Å²) in [4.78, 5) is 8.96. The maximum atomic E-state index is 9.79. The van der Waals surface area contributed by atoms with E-state index in [-0.39, 0.29) is 0 Å². The summed E-state index contributed by atoms with van der Waals surface area (Å²) in [5.41, 5.74) is 3.02. The molecule has 0 saturated carbocycles. The summed E-state index contributed by atoms with van der Waals surface area (Å²) < 4.78 is 5.42. The van der Waals surface area contributed by atoms with Gasteiger partial charge in [0.15, 0.2) is 5.69 Å². The van der Waals surface area contributed by atoms with Crippen LogP contribution in [0.3, 0.4) is 0 Å². The van der Waals surface area contributed by atoms with Crippen molar-refractivity contribution in [1.82, 2.24) is 9.97 Å². The molecule has 136 valence electrons. The van der Waals surface area contributed by atoms with Gasteiger partial charge in [-0.2, -0.15) is 5.26 Å². The monoisotopic (exact) mass is 366 g/mol. The van der Waals surface area contributed by atoms with Crippen LogP contribution in [-0.2, 0) is 6.54 Å². The molecule has 0 unspecified atom stereocenters. The summed E-state index contributed by atoms with van der Waals surface area (Å²) in [6.45, 7) is 0.518. The quantitative estimate of drug-likeness (QED) is 0.550. The molecule has 0 bridgehead atoms. The largest absolute Gasteiger partial charge is 0.497 e. The molecule has 2 heterocycles. The molecule has 0 fully saturated rings. The average molecular weight is 366 g/mol. The normalized spacial score (nSPS) is 10.4. The molecule has 0 aliphatic heterocycles. The van der Waals surface area contributed by atoms with E-state index in [2.05, 4.69) is 21.4 Å². The molecule has 4 aromatic rings. The molecule has 0 amide bonds. The Morgan fingerprint density at radius 2 is 1.82 bits per heavy atom. The number of nitriles is 1. The number of hydrogen-bond acceptors (Lipinski definition) is 5. The molecule has 2 aromatic carbocycles. The zero-order valence-corrected chi connectivity index (χ0v) is 15.4. The van der Waals surface area contributed by atoms with Crippen LogP contribution >= 0.6 is 0 Å². The molecular weight excluding hydrogens is 348 g/mol. The molecule has 1 N–H and O–H groups in total. The van der Waals surface area contributed by atoms with Gasteiger partial charge in [-0.3, -0.25) is 4.98 Å². The van der Waals surface area contributed by atoms with Gasteiger partial charge in [-0.1, -0.05) is 36.4 Å². The van der Waals surface area contributed by atoms with Gasteiger partial charge in [0.2, 0.25) is 0 Å². The molecule has 0 atom stereocenters. The highest BCUT2D eigenvalue weighted by atomic mass is 16.5. The molecular formula is C23H18N4O. The lowest BCUT2D eigenvalue weighted by atomic mass is 9.97. The molecule has 4 rings (SSSR count). The molecule has 0 aliphatic rings. The highest BCUT2D eigenvalue weighted by Crippen LogP contribution is 2.36. The number of hydrogen-bond donors (Lipinski definition) is 1. The summed E-state index contributed by atoms with van der Waals surface area (Å²) in [5, 5.41) is 15.0. The van der Waals surface area contributed by atoms with Crippen LogP contribution in [0.4, 0.5) is 5.82 Å². The summed E-state index contributed by atoms with van der Waals surface area (Å²) in [5.74, 6) is 1.38. The fourth-order valence-corrected chi connectivity index (χ4v) is 3.21. The van der Waals surface area contributed by atoms with Crippen molar-refractivity contribution >= 4 is 16.6 Å². The van der Waals surface area contributed by atoms with E-state index in [4.69, 9.17) is 4.74 Å². The lowest BCUT2D eigenvalue weighted by molar-refractivity contribution is 0.415. The van der Waals surface area contributed by atoms with Gasteiger partial charge in [0.25, 0.3) is 0 Å². The summed E-state index contributed by atoms with van der Waals surface area (Å²) >= 11 is 0. The van der Waals surface area contributed by atoms with E-state index in [9.17, 15) is 5.26 Å². The number of benzene rings is 2. The highest BCUT2D eigenvalue weighted by Gasteiger charge is 2.16. The van der Waals surface area contributed by atoms with Gasteiger partial charge >= 0.3 is 0 Å². The smallest absolute Gasteiger partial charge is 0.151 e. The van der Waals surface area contributed by atoms with Gasteiger partial charge in [0, 0.05) is 17.1 Å². The van der Waals surface area contributed by atoms with Crippen LogP contribution in [0.2, 0.25) is 0 Å². The van der Waals surface area contributed by atoms with Crippen molar-refractivity contribution in [3.63, 3.8) is 0 Å². The van der Waals surface area contributed by atoms with E-state index in [0.717, 1.165) is 33.3 Å². The molecule has 5 heteroatoms. The lowest BCUT2D eigenvalue weighted by Gasteiger charge is -2.15. The van der Waals surface area contributed by atoms with Gasteiger partial charge in [0.1, 0.15) is 17.6 Å². The summed E-state index contributed by atoms with van der Waals surface area (Å²) in [6.07, 6.45) is 1.76. The van der Waals surface area contributed by atoms with Crippen molar-refractivity contribution in [1.29, 1.82) is 5.26 Å². The Morgan fingerprint density at radius 1 is 1.00 bits per heavy atom. The molecule has 28 heavy (non-hydrogen) atoms. The number of rotatable bonds is 5. The van der Waals surface area contributed by atoms with Crippen molar-refractivity contribution in [2.75, 3.05) is 12.4 Å². The second-order valence-corrected chi connectivity index (χ2v) is 6.25. The Labute approximate surface area is 163 Å². The standard InChI is InChI=1S/C23H18N4O/c1-28-18-10-11-19-20(13-18)22(16-7-3-2-4-8-16)21(14-24)27-23(19)26-15-17-9-5-6-12-25-17/h2-13H,15H2,1H3,(H,26,27). The fraction of sp³-hybridized carbons (Fsp3) is 0.0870. The number of anilines is 1. The van der Waals surface area contributed by atoms with Crippen LogP contribution < -0.4 is 10.1 Å². The molecule has 0 radical (unpaired) electrons. The Bertz CT molecular complexity index is 1150. The topological polar surface area (TPSA) is 70.8 Å². The Balaban J connectivity index is 1.89. The molecule has 0 spiro atoms. The van der Waals surface area contributed by atoms with Crippen molar-refractivity contribution in [3.05, 3.63) is 84.3 Å². The van der Waals surface area contributed by atoms with Crippen molar-refractivity contribution in [3.8, 4) is 22.9 Å². The zero-order chi connectivity index (χ0) is 19.3. The maximum Gasteiger partial charge on any atom is 0.151 e. The number of ether oxygens (including phenoxy) is 1. The maximum absolute atomic E-state index is 9.79. The van der Waals surface area contributed by atoms with Crippen LogP contribution in [0.1, 0.15) is 11.4 Å². The zero-order valence-electron chi connectivity index (χ0n) is 15.4. The van der Waals surface area contributed by atoms with E-state index in [1.807, 2.05) is 66.7 Å². The predicted octanol–water partition coefficient (Wildman–Crippen LogP) is 4.79. The third-order valence-electron chi connectivity index (χ3n) is 4.54. The predicted molar refractivity (Wildman–Crippen MR) is 110 cm³/mol. The van der Waals surface area contributed by atoms with Crippen LogP contribution in [0.5, 0.6) is 5.75 Å². The summed E-state index contributed by atoms with van der Waals surface area (Å²) in [6, 6.07) is 23.7. The Kier molecular flexibility index (Phi) is 4.85. The van der Waals surface area contributed by atoms with Crippen LogP contribution in [0.15, 0.2) is 72.9 Å². The van der Waals surface area contributed by atoms with Crippen molar-refractivity contribution in [2.24, 2.45) is 0 Å². The number of fused-ring (bicyclic) bond motifs is 1. The third kappa shape index (κ3) is 3.36. The molecule has 5 nitrogen and oxygen atoms in total. The highest BCUT2D eigenvalue weighted by molar-refractivity contribution is 6.04. The summed E-state index contributed by atoms with van der Waals surface area (Å²) in [7, 11) is 1.63. The van der Waals surface area contributed by atoms with Crippen LogP contribution in [0, 0.1) is 11.3 Å². The number of methoxy groups -OCH3 is 1. The van der Waals surface area contributed by atoms with Gasteiger partial charge < -0.3 is 10.1 Å². The van der Waals surface area contributed by atoms with Gasteiger partial charge in [-0.15, -0.1) is 0 Å². The fourth-order valence-electron chi connectivity index (χ4n) is 3.21. The van der Waals surface area contributed by atoms with Crippen molar-refractivity contribution < 1.29 is 4.74 Å². The first kappa shape index (κ1) is 17.5. The average Bonchev–Trinajstić information content (AvgIpc) is 2.77. The minimum absolute atomic E-state index is 0.371. The third-order valence-corrected chi connectivity index (χ3v) is 4.54. The molecule has 0 aliphatic carbocycles. The second-order valence-electron chi connectivity index (χ2n) is 6.25. The number of nitrogens with one attached hydrogen (secondary N) is 1. The number of nitrogens with zero attached hydrogens (tertiary/aromatic N) is 3. The van der Waals surface area contributed by atoms with Crippen LogP contribution in [-0.4, -0.2) is 17.1 Å².